The van der Waals surface area contributed by atoms with Gasteiger partial charge in [-0.1, -0.05) is 62.7 Å². The third-order valence-electron chi connectivity index (χ3n) is 5.12. The standard InChI is InChI=1S/C26H36N2O3/c1-18(2)27-25(30)20(4)28(16-21-10-8-9-19(3)15-21)24(29)17-31-23-13-11-22(12-14-23)26(5,6)7/h8-15,18,20H,16-17H2,1-7H3,(H,27,30)/t20-/m0/s1. The highest BCUT2D eigenvalue weighted by molar-refractivity contribution is 5.88. The molecule has 1 atom stereocenters. The van der Waals surface area contributed by atoms with Crippen LogP contribution in [-0.2, 0) is 21.5 Å². The minimum absolute atomic E-state index is 0.00320. The highest BCUT2D eigenvalue weighted by atomic mass is 16.5. The van der Waals surface area contributed by atoms with E-state index in [0.29, 0.717) is 12.3 Å². The maximum atomic E-state index is 13.1. The first-order valence-electron chi connectivity index (χ1n) is 10.9. The zero-order valence-corrected chi connectivity index (χ0v) is 19.9. The lowest BCUT2D eigenvalue weighted by Gasteiger charge is -2.29. The lowest BCUT2D eigenvalue weighted by atomic mass is 9.87. The summed E-state index contributed by atoms with van der Waals surface area (Å²) < 4.78 is 5.77. The maximum Gasteiger partial charge on any atom is 0.261 e. The molecule has 1 N–H and O–H groups in total. The molecule has 0 aliphatic rings. The summed E-state index contributed by atoms with van der Waals surface area (Å²) in [7, 11) is 0. The van der Waals surface area contributed by atoms with Gasteiger partial charge in [-0.25, -0.2) is 0 Å². The Bertz CT molecular complexity index is 882. The normalized spacial score (nSPS) is 12.4. The molecule has 0 heterocycles. The Hall–Kier alpha value is -2.82. The van der Waals surface area contributed by atoms with Gasteiger partial charge >= 0.3 is 0 Å². The van der Waals surface area contributed by atoms with E-state index in [0.717, 1.165) is 11.1 Å². The lowest BCUT2D eigenvalue weighted by molar-refractivity contribution is -0.142. The number of carbonyl (C=O) groups excluding carboxylic acids is 2. The molecule has 0 fully saturated rings. The molecule has 2 amide bonds. The van der Waals surface area contributed by atoms with E-state index in [2.05, 4.69) is 26.1 Å². The van der Waals surface area contributed by atoms with Gasteiger partial charge in [0.2, 0.25) is 5.91 Å². The van der Waals surface area contributed by atoms with Crippen molar-refractivity contribution in [2.75, 3.05) is 6.61 Å². The first kappa shape index (κ1) is 24.4. The molecule has 0 saturated heterocycles. The van der Waals surface area contributed by atoms with Gasteiger partial charge in [0.1, 0.15) is 11.8 Å². The van der Waals surface area contributed by atoms with E-state index >= 15 is 0 Å². The second-order valence-corrected chi connectivity index (χ2v) is 9.41. The number of nitrogens with zero attached hydrogens (tertiary/aromatic N) is 1. The van der Waals surface area contributed by atoms with Crippen molar-refractivity contribution in [2.24, 2.45) is 0 Å². The van der Waals surface area contributed by atoms with E-state index in [4.69, 9.17) is 4.74 Å². The van der Waals surface area contributed by atoms with Gasteiger partial charge in [0.25, 0.3) is 5.91 Å². The fourth-order valence-corrected chi connectivity index (χ4v) is 3.27. The Morgan fingerprint density at radius 1 is 1.03 bits per heavy atom. The van der Waals surface area contributed by atoms with Crippen molar-refractivity contribution < 1.29 is 14.3 Å². The molecule has 0 spiro atoms. The summed E-state index contributed by atoms with van der Waals surface area (Å²) in [6.07, 6.45) is 0. The molecule has 0 radical (unpaired) electrons. The molecule has 0 saturated carbocycles. The van der Waals surface area contributed by atoms with Crippen molar-refractivity contribution in [1.29, 1.82) is 0 Å². The second kappa shape index (κ2) is 10.5. The first-order chi connectivity index (χ1) is 14.5. The molecule has 2 rings (SSSR count). The van der Waals surface area contributed by atoms with Gasteiger partial charge < -0.3 is 15.0 Å². The van der Waals surface area contributed by atoms with E-state index in [9.17, 15) is 9.59 Å². The molecule has 168 valence electrons. The fraction of sp³-hybridized carbons (Fsp3) is 0.462. The third kappa shape index (κ3) is 7.42. The van der Waals surface area contributed by atoms with Crippen LogP contribution in [0.5, 0.6) is 5.75 Å². The van der Waals surface area contributed by atoms with Crippen LogP contribution in [0.15, 0.2) is 48.5 Å². The molecule has 31 heavy (non-hydrogen) atoms. The van der Waals surface area contributed by atoms with Crippen molar-refractivity contribution in [1.82, 2.24) is 10.2 Å². The van der Waals surface area contributed by atoms with Gasteiger partial charge in [0.15, 0.2) is 6.61 Å². The van der Waals surface area contributed by atoms with Crippen LogP contribution in [-0.4, -0.2) is 35.4 Å². The van der Waals surface area contributed by atoms with Gasteiger partial charge in [-0.3, -0.25) is 9.59 Å². The minimum Gasteiger partial charge on any atom is -0.484 e. The smallest absolute Gasteiger partial charge is 0.261 e. The summed E-state index contributed by atoms with van der Waals surface area (Å²) in [4.78, 5) is 27.3. The Kier molecular flexibility index (Phi) is 8.26. The molecule has 0 aliphatic carbocycles. The summed E-state index contributed by atoms with van der Waals surface area (Å²) in [6, 6.07) is 15.2. The predicted molar refractivity (Wildman–Crippen MR) is 125 cm³/mol. The number of benzene rings is 2. The monoisotopic (exact) mass is 424 g/mol. The summed E-state index contributed by atoms with van der Waals surface area (Å²) in [6.45, 7) is 14.2. The van der Waals surface area contributed by atoms with Crippen molar-refractivity contribution in [3.63, 3.8) is 0 Å². The predicted octanol–water partition coefficient (Wildman–Crippen LogP) is 4.61. The Morgan fingerprint density at radius 2 is 1.68 bits per heavy atom. The number of amides is 2. The summed E-state index contributed by atoms with van der Waals surface area (Å²) >= 11 is 0. The Morgan fingerprint density at radius 3 is 2.23 bits per heavy atom. The average Bonchev–Trinajstić information content (AvgIpc) is 2.69. The largest absolute Gasteiger partial charge is 0.484 e. The van der Waals surface area contributed by atoms with Crippen LogP contribution in [0.25, 0.3) is 0 Å². The SMILES string of the molecule is Cc1cccc(CN(C(=O)COc2ccc(C(C)(C)C)cc2)[C@@H](C)C(=O)NC(C)C)c1. The molecule has 0 unspecified atom stereocenters. The molecule has 2 aromatic carbocycles. The van der Waals surface area contributed by atoms with Crippen molar-refractivity contribution in [2.45, 2.75) is 72.5 Å². The summed E-state index contributed by atoms with van der Waals surface area (Å²) in [5, 5.41) is 2.90. The van der Waals surface area contributed by atoms with Crippen LogP contribution in [0.1, 0.15) is 58.2 Å². The Balaban J connectivity index is 2.14. The number of carbonyl (C=O) groups is 2. The van der Waals surface area contributed by atoms with E-state index < -0.39 is 6.04 Å². The van der Waals surface area contributed by atoms with E-state index in [-0.39, 0.29) is 29.9 Å². The molecular weight excluding hydrogens is 388 g/mol. The summed E-state index contributed by atoms with van der Waals surface area (Å²) in [5.74, 6) is 0.231. The third-order valence-corrected chi connectivity index (χ3v) is 5.12. The van der Waals surface area contributed by atoms with Gasteiger partial charge in [-0.05, 0) is 56.4 Å². The number of aryl methyl sites for hydroxylation is 1. The van der Waals surface area contributed by atoms with E-state index in [1.54, 1.807) is 11.8 Å². The number of rotatable bonds is 8. The lowest BCUT2D eigenvalue weighted by Crippen LogP contribution is -2.50. The fourth-order valence-electron chi connectivity index (χ4n) is 3.27. The van der Waals surface area contributed by atoms with E-state index in [1.165, 1.54) is 5.56 Å². The van der Waals surface area contributed by atoms with Crippen molar-refractivity contribution >= 4 is 11.8 Å². The van der Waals surface area contributed by atoms with E-state index in [1.807, 2.05) is 69.3 Å². The molecule has 5 heteroatoms. The van der Waals surface area contributed by atoms with Gasteiger partial charge in [-0.2, -0.15) is 0 Å². The van der Waals surface area contributed by atoms with Crippen molar-refractivity contribution in [3.8, 4) is 5.75 Å². The second-order valence-electron chi connectivity index (χ2n) is 9.41. The van der Waals surface area contributed by atoms with Crippen LogP contribution in [0.3, 0.4) is 0 Å². The molecular formula is C26H36N2O3. The van der Waals surface area contributed by atoms with Gasteiger partial charge in [0, 0.05) is 12.6 Å². The highest BCUT2D eigenvalue weighted by Gasteiger charge is 2.27. The number of nitrogens with one attached hydrogen (secondary N) is 1. The van der Waals surface area contributed by atoms with Crippen LogP contribution >= 0.6 is 0 Å². The average molecular weight is 425 g/mol. The van der Waals surface area contributed by atoms with Crippen molar-refractivity contribution in [3.05, 3.63) is 65.2 Å². The quantitative estimate of drug-likeness (QED) is 0.673. The molecule has 5 nitrogen and oxygen atoms in total. The summed E-state index contributed by atoms with van der Waals surface area (Å²) in [5.41, 5.74) is 3.34. The molecule has 0 aromatic heterocycles. The maximum absolute atomic E-state index is 13.1. The van der Waals surface area contributed by atoms with Gasteiger partial charge in [-0.15, -0.1) is 0 Å². The van der Waals surface area contributed by atoms with Crippen LogP contribution in [0.4, 0.5) is 0 Å². The zero-order chi connectivity index (χ0) is 23.2. The highest BCUT2D eigenvalue weighted by Crippen LogP contribution is 2.24. The minimum atomic E-state index is -0.609. The van der Waals surface area contributed by atoms with Crippen LogP contribution in [0, 0.1) is 6.92 Å². The Labute approximate surface area is 186 Å². The molecule has 0 bridgehead atoms. The molecule has 2 aromatic rings. The first-order valence-corrected chi connectivity index (χ1v) is 10.9. The number of hydrogen-bond donors (Lipinski definition) is 1. The van der Waals surface area contributed by atoms with Crippen LogP contribution in [0.2, 0.25) is 0 Å². The topological polar surface area (TPSA) is 58.6 Å². The zero-order valence-electron chi connectivity index (χ0n) is 19.9. The number of ether oxygens (including phenoxy) is 1. The van der Waals surface area contributed by atoms with Gasteiger partial charge in [0.05, 0.1) is 0 Å². The number of hydrogen-bond acceptors (Lipinski definition) is 3. The van der Waals surface area contributed by atoms with Crippen LogP contribution < -0.4 is 10.1 Å². The molecule has 0 aliphatic heterocycles.